The van der Waals surface area contributed by atoms with Gasteiger partial charge in [-0.1, -0.05) is 12.1 Å². The first-order chi connectivity index (χ1) is 9.58. The maximum Gasteiger partial charge on any atom is 0.260 e. The summed E-state index contributed by atoms with van der Waals surface area (Å²) in [5, 5.41) is 0. The molecule has 0 unspecified atom stereocenters. The largest absolute Gasteiger partial charge is 0.482 e. The number of hydrogen-bond acceptors (Lipinski definition) is 4. The smallest absolute Gasteiger partial charge is 0.260 e. The summed E-state index contributed by atoms with van der Waals surface area (Å²) in [6.07, 6.45) is 1.24. The Bertz CT molecular complexity index is 496. The Balaban J connectivity index is 1.82. The number of carbonyl (C=O) groups excluding carboxylic acids is 2. The molecular weight excluding hydrogens is 258 g/mol. The van der Waals surface area contributed by atoms with Crippen LogP contribution in [0.4, 0.5) is 5.69 Å². The number of piperidine rings is 1. The van der Waals surface area contributed by atoms with Crippen molar-refractivity contribution >= 4 is 17.5 Å². The van der Waals surface area contributed by atoms with Crippen LogP contribution >= 0.6 is 0 Å². The van der Waals surface area contributed by atoms with E-state index >= 15 is 0 Å². The summed E-state index contributed by atoms with van der Waals surface area (Å²) in [5.74, 6) is -0.000750. The standard InChI is InChI=1S/C14H19N3O3/c15-11-3-1-2-4-12(11)20-9-13(18)17-7-5-10(6-8-17)14(16)19/h1-4,10H,5-9,15H2,(H2,16,19). The number of nitrogens with two attached hydrogens (primary N) is 2. The summed E-state index contributed by atoms with van der Waals surface area (Å²) in [6.45, 7) is 1.04. The fourth-order valence-electron chi connectivity index (χ4n) is 2.26. The van der Waals surface area contributed by atoms with E-state index in [1.54, 1.807) is 29.2 Å². The van der Waals surface area contributed by atoms with E-state index in [1.165, 1.54) is 0 Å². The first-order valence-electron chi connectivity index (χ1n) is 6.62. The van der Waals surface area contributed by atoms with Gasteiger partial charge in [0.2, 0.25) is 5.91 Å². The van der Waals surface area contributed by atoms with Crippen molar-refractivity contribution in [1.82, 2.24) is 4.90 Å². The van der Waals surface area contributed by atoms with E-state index in [0.717, 1.165) is 0 Å². The SMILES string of the molecule is NC(=O)C1CCN(C(=O)COc2ccccc2N)CC1. The monoisotopic (exact) mass is 277 g/mol. The van der Waals surface area contributed by atoms with Crippen LogP contribution in [0.25, 0.3) is 0 Å². The molecule has 1 fully saturated rings. The topological polar surface area (TPSA) is 98.7 Å². The van der Waals surface area contributed by atoms with E-state index < -0.39 is 0 Å². The third-order valence-corrected chi connectivity index (χ3v) is 3.52. The number of primary amides is 1. The van der Waals surface area contributed by atoms with E-state index in [2.05, 4.69) is 0 Å². The number of ether oxygens (including phenoxy) is 1. The number of rotatable bonds is 4. The zero-order chi connectivity index (χ0) is 14.5. The lowest BCUT2D eigenvalue weighted by Gasteiger charge is -2.30. The fraction of sp³-hybridized carbons (Fsp3) is 0.429. The van der Waals surface area contributed by atoms with E-state index in [4.69, 9.17) is 16.2 Å². The first kappa shape index (κ1) is 14.2. The molecule has 0 aliphatic carbocycles. The average Bonchev–Trinajstić information content (AvgIpc) is 2.46. The molecule has 0 saturated carbocycles. The minimum absolute atomic E-state index is 0.0462. The zero-order valence-corrected chi connectivity index (χ0v) is 11.2. The Morgan fingerprint density at radius 2 is 1.90 bits per heavy atom. The molecular formula is C14H19N3O3. The van der Waals surface area contributed by atoms with Crippen molar-refractivity contribution in [2.75, 3.05) is 25.4 Å². The molecule has 1 aliphatic rings. The molecule has 4 N–H and O–H groups in total. The second kappa shape index (κ2) is 6.27. The Morgan fingerprint density at radius 1 is 1.25 bits per heavy atom. The van der Waals surface area contributed by atoms with Crippen LogP contribution < -0.4 is 16.2 Å². The molecule has 1 aromatic carbocycles. The first-order valence-corrected chi connectivity index (χ1v) is 6.62. The number of nitrogens with zero attached hydrogens (tertiary/aromatic N) is 1. The fourth-order valence-corrected chi connectivity index (χ4v) is 2.26. The van der Waals surface area contributed by atoms with Crippen LogP contribution in [0.1, 0.15) is 12.8 Å². The molecule has 0 atom stereocenters. The van der Waals surface area contributed by atoms with Crippen molar-refractivity contribution in [2.24, 2.45) is 11.7 Å². The number of para-hydroxylation sites is 2. The third kappa shape index (κ3) is 3.40. The summed E-state index contributed by atoms with van der Waals surface area (Å²) in [5.41, 5.74) is 11.5. The van der Waals surface area contributed by atoms with Gasteiger partial charge in [-0.15, -0.1) is 0 Å². The van der Waals surface area contributed by atoms with Gasteiger partial charge in [-0.25, -0.2) is 0 Å². The molecule has 2 amide bonds. The Morgan fingerprint density at radius 3 is 2.50 bits per heavy atom. The number of anilines is 1. The number of hydrogen-bond donors (Lipinski definition) is 2. The predicted molar refractivity (Wildman–Crippen MR) is 74.8 cm³/mol. The molecule has 6 nitrogen and oxygen atoms in total. The van der Waals surface area contributed by atoms with Gasteiger partial charge in [0.25, 0.3) is 5.91 Å². The highest BCUT2D eigenvalue weighted by atomic mass is 16.5. The van der Waals surface area contributed by atoms with Gasteiger partial charge >= 0.3 is 0 Å². The van der Waals surface area contributed by atoms with Crippen molar-refractivity contribution < 1.29 is 14.3 Å². The number of nitrogen functional groups attached to an aromatic ring is 1. The molecule has 1 aromatic rings. The molecule has 2 rings (SSSR count). The van der Waals surface area contributed by atoms with Crippen LogP contribution in [0.2, 0.25) is 0 Å². The highest BCUT2D eigenvalue weighted by molar-refractivity contribution is 5.79. The van der Waals surface area contributed by atoms with Crippen molar-refractivity contribution in [3.8, 4) is 5.75 Å². The summed E-state index contributed by atoms with van der Waals surface area (Å²) in [7, 11) is 0. The normalized spacial score (nSPS) is 15.9. The van der Waals surface area contributed by atoms with Gasteiger partial charge in [-0.2, -0.15) is 0 Å². The highest BCUT2D eigenvalue weighted by Crippen LogP contribution is 2.20. The number of amides is 2. The lowest BCUT2D eigenvalue weighted by atomic mass is 9.96. The highest BCUT2D eigenvalue weighted by Gasteiger charge is 2.25. The van der Waals surface area contributed by atoms with Gasteiger partial charge in [0.05, 0.1) is 5.69 Å². The predicted octanol–water partition coefficient (Wildman–Crippen LogP) is 0.371. The lowest BCUT2D eigenvalue weighted by molar-refractivity contribution is -0.136. The van der Waals surface area contributed by atoms with Crippen LogP contribution in [-0.2, 0) is 9.59 Å². The van der Waals surface area contributed by atoms with Gasteiger partial charge in [0.15, 0.2) is 6.61 Å². The van der Waals surface area contributed by atoms with Crippen molar-refractivity contribution in [2.45, 2.75) is 12.8 Å². The molecule has 6 heteroatoms. The van der Waals surface area contributed by atoms with Crippen molar-refractivity contribution in [1.29, 1.82) is 0 Å². The van der Waals surface area contributed by atoms with E-state index in [-0.39, 0.29) is 24.3 Å². The lowest BCUT2D eigenvalue weighted by Crippen LogP contribution is -2.43. The second-order valence-electron chi connectivity index (χ2n) is 4.88. The molecule has 20 heavy (non-hydrogen) atoms. The minimum atomic E-state index is -0.287. The third-order valence-electron chi connectivity index (χ3n) is 3.52. The molecule has 1 heterocycles. The van der Waals surface area contributed by atoms with E-state index in [1.807, 2.05) is 0 Å². The maximum absolute atomic E-state index is 12.0. The minimum Gasteiger partial charge on any atom is -0.482 e. The van der Waals surface area contributed by atoms with Crippen LogP contribution in [0.15, 0.2) is 24.3 Å². The Hall–Kier alpha value is -2.24. The maximum atomic E-state index is 12.0. The Labute approximate surface area is 117 Å². The molecule has 0 bridgehead atoms. The summed E-state index contributed by atoms with van der Waals surface area (Å²) < 4.78 is 5.42. The molecule has 0 radical (unpaired) electrons. The molecule has 0 aromatic heterocycles. The number of likely N-dealkylation sites (tertiary alicyclic amines) is 1. The van der Waals surface area contributed by atoms with Crippen molar-refractivity contribution in [3.63, 3.8) is 0 Å². The summed E-state index contributed by atoms with van der Waals surface area (Å²) in [4.78, 5) is 24.8. The summed E-state index contributed by atoms with van der Waals surface area (Å²) >= 11 is 0. The quantitative estimate of drug-likeness (QED) is 0.777. The molecule has 0 spiro atoms. The van der Waals surface area contributed by atoms with E-state index in [0.29, 0.717) is 37.4 Å². The molecule has 1 saturated heterocycles. The van der Waals surface area contributed by atoms with Gasteiger partial charge in [0.1, 0.15) is 5.75 Å². The number of carbonyl (C=O) groups is 2. The van der Waals surface area contributed by atoms with Gasteiger partial charge in [-0.3, -0.25) is 9.59 Å². The summed E-state index contributed by atoms with van der Waals surface area (Å²) in [6, 6.07) is 7.05. The Kier molecular flexibility index (Phi) is 4.45. The van der Waals surface area contributed by atoms with Gasteiger partial charge < -0.3 is 21.1 Å². The second-order valence-corrected chi connectivity index (χ2v) is 4.88. The van der Waals surface area contributed by atoms with Crippen LogP contribution in [0, 0.1) is 5.92 Å². The number of benzene rings is 1. The molecule has 108 valence electrons. The van der Waals surface area contributed by atoms with Gasteiger partial charge in [0, 0.05) is 19.0 Å². The molecule has 1 aliphatic heterocycles. The average molecular weight is 277 g/mol. The van der Waals surface area contributed by atoms with E-state index in [9.17, 15) is 9.59 Å². The van der Waals surface area contributed by atoms with Gasteiger partial charge in [-0.05, 0) is 25.0 Å². The van der Waals surface area contributed by atoms with Crippen LogP contribution in [0.3, 0.4) is 0 Å². The van der Waals surface area contributed by atoms with Crippen LogP contribution in [0.5, 0.6) is 5.75 Å². The zero-order valence-electron chi connectivity index (χ0n) is 11.2. The van der Waals surface area contributed by atoms with Crippen molar-refractivity contribution in [3.05, 3.63) is 24.3 Å². The van der Waals surface area contributed by atoms with Crippen LogP contribution in [-0.4, -0.2) is 36.4 Å².